The van der Waals surface area contributed by atoms with E-state index in [-0.39, 0.29) is 0 Å². The number of rotatable bonds is 6. The molecule has 3 nitrogen and oxygen atoms in total. The first kappa shape index (κ1) is 12.9. The van der Waals surface area contributed by atoms with Gasteiger partial charge in [0.15, 0.2) is 0 Å². The second-order valence-corrected chi connectivity index (χ2v) is 3.97. The van der Waals surface area contributed by atoms with E-state index in [0.29, 0.717) is 4.99 Å². The molecule has 88 valence electrons. The minimum Gasteiger partial charge on any atom is -0.389 e. The first-order chi connectivity index (χ1) is 7.65. The zero-order valence-electron chi connectivity index (χ0n) is 9.77. The van der Waals surface area contributed by atoms with Crippen molar-refractivity contribution in [3.05, 3.63) is 29.8 Å². The summed E-state index contributed by atoms with van der Waals surface area (Å²) in [7, 11) is 2.04. The van der Waals surface area contributed by atoms with Crippen molar-refractivity contribution in [2.75, 3.05) is 31.7 Å². The van der Waals surface area contributed by atoms with Crippen LogP contribution in [0.2, 0.25) is 0 Å². The van der Waals surface area contributed by atoms with Crippen LogP contribution in [0.15, 0.2) is 24.3 Å². The molecular formula is C12H18N2OS. The molecule has 2 N–H and O–H groups in total. The fourth-order valence-corrected chi connectivity index (χ4v) is 1.49. The first-order valence-electron chi connectivity index (χ1n) is 5.34. The van der Waals surface area contributed by atoms with E-state index in [1.165, 1.54) is 0 Å². The maximum absolute atomic E-state index is 5.54. The zero-order valence-corrected chi connectivity index (χ0v) is 10.6. The van der Waals surface area contributed by atoms with Crippen LogP contribution in [0.5, 0.6) is 0 Å². The molecule has 0 heterocycles. The van der Waals surface area contributed by atoms with Gasteiger partial charge in [0.05, 0.1) is 6.61 Å². The number of nitrogens with zero attached hydrogens (tertiary/aromatic N) is 1. The highest BCUT2D eigenvalue weighted by molar-refractivity contribution is 7.80. The SMILES string of the molecule is CCOCCN(C)c1ccc(C(N)=S)cc1. The Labute approximate surface area is 102 Å². The number of thiocarbonyl (C=S) groups is 1. The molecule has 0 spiro atoms. The summed E-state index contributed by atoms with van der Waals surface area (Å²) in [5.74, 6) is 0. The van der Waals surface area contributed by atoms with E-state index in [4.69, 9.17) is 22.7 Å². The van der Waals surface area contributed by atoms with Crippen LogP contribution in [0.25, 0.3) is 0 Å². The van der Waals surface area contributed by atoms with Crippen molar-refractivity contribution in [2.24, 2.45) is 5.73 Å². The van der Waals surface area contributed by atoms with E-state index in [0.717, 1.165) is 31.0 Å². The van der Waals surface area contributed by atoms with Gasteiger partial charge in [0.2, 0.25) is 0 Å². The number of nitrogens with two attached hydrogens (primary N) is 1. The lowest BCUT2D eigenvalue weighted by Gasteiger charge is -2.19. The third-order valence-electron chi connectivity index (χ3n) is 2.37. The van der Waals surface area contributed by atoms with Gasteiger partial charge in [-0.15, -0.1) is 0 Å². The number of likely N-dealkylation sites (N-methyl/N-ethyl adjacent to an activating group) is 1. The van der Waals surface area contributed by atoms with Crippen molar-refractivity contribution in [1.82, 2.24) is 0 Å². The lowest BCUT2D eigenvalue weighted by atomic mass is 10.2. The van der Waals surface area contributed by atoms with Crippen LogP contribution in [0.1, 0.15) is 12.5 Å². The van der Waals surface area contributed by atoms with Crippen molar-refractivity contribution in [3.63, 3.8) is 0 Å². The molecule has 0 aliphatic rings. The van der Waals surface area contributed by atoms with Crippen LogP contribution in [0.3, 0.4) is 0 Å². The maximum atomic E-state index is 5.54. The van der Waals surface area contributed by atoms with E-state index in [2.05, 4.69) is 4.90 Å². The van der Waals surface area contributed by atoms with Gasteiger partial charge < -0.3 is 15.4 Å². The third kappa shape index (κ3) is 3.79. The van der Waals surface area contributed by atoms with Gasteiger partial charge in [-0.25, -0.2) is 0 Å². The maximum Gasteiger partial charge on any atom is 0.103 e. The predicted octanol–water partition coefficient (Wildman–Crippen LogP) is 1.79. The van der Waals surface area contributed by atoms with Crippen molar-refractivity contribution in [1.29, 1.82) is 0 Å². The molecule has 16 heavy (non-hydrogen) atoms. The van der Waals surface area contributed by atoms with E-state index in [1.807, 2.05) is 38.2 Å². The lowest BCUT2D eigenvalue weighted by molar-refractivity contribution is 0.154. The first-order valence-corrected chi connectivity index (χ1v) is 5.74. The quantitative estimate of drug-likeness (QED) is 0.606. The molecule has 0 aromatic heterocycles. The molecular weight excluding hydrogens is 220 g/mol. The summed E-state index contributed by atoms with van der Waals surface area (Å²) >= 11 is 4.90. The fourth-order valence-electron chi connectivity index (χ4n) is 1.36. The Hall–Kier alpha value is -1.13. The van der Waals surface area contributed by atoms with Crippen molar-refractivity contribution in [2.45, 2.75) is 6.92 Å². The van der Waals surface area contributed by atoms with Crippen LogP contribution < -0.4 is 10.6 Å². The summed E-state index contributed by atoms with van der Waals surface area (Å²) in [5, 5.41) is 0. The van der Waals surface area contributed by atoms with Crippen molar-refractivity contribution >= 4 is 22.9 Å². The summed E-state index contributed by atoms with van der Waals surface area (Å²) in [4.78, 5) is 2.57. The standard InChI is InChI=1S/C12H18N2OS/c1-3-15-9-8-14(2)11-6-4-10(5-7-11)12(13)16/h4-7H,3,8-9H2,1-2H3,(H2,13,16). The third-order valence-corrected chi connectivity index (χ3v) is 2.60. The Bertz CT molecular complexity index is 337. The van der Waals surface area contributed by atoms with Crippen LogP contribution in [-0.2, 0) is 4.74 Å². The Morgan fingerprint density at radius 3 is 2.50 bits per heavy atom. The molecule has 0 saturated carbocycles. The van der Waals surface area contributed by atoms with Crippen molar-refractivity contribution in [3.8, 4) is 0 Å². The van der Waals surface area contributed by atoms with Crippen molar-refractivity contribution < 1.29 is 4.74 Å². The molecule has 1 aromatic rings. The molecule has 1 rings (SSSR count). The van der Waals surface area contributed by atoms with Crippen LogP contribution in [0, 0.1) is 0 Å². The van der Waals surface area contributed by atoms with Crippen LogP contribution in [-0.4, -0.2) is 31.8 Å². The predicted molar refractivity (Wildman–Crippen MR) is 72.1 cm³/mol. The molecule has 0 atom stereocenters. The summed E-state index contributed by atoms with van der Waals surface area (Å²) in [6, 6.07) is 7.91. The van der Waals surface area contributed by atoms with Gasteiger partial charge in [0.25, 0.3) is 0 Å². The van der Waals surface area contributed by atoms with Gasteiger partial charge in [0.1, 0.15) is 4.99 Å². The van der Waals surface area contributed by atoms with Gasteiger partial charge in [0, 0.05) is 31.5 Å². The number of anilines is 1. The monoisotopic (exact) mass is 238 g/mol. The van der Waals surface area contributed by atoms with Gasteiger partial charge in [-0.3, -0.25) is 0 Å². The average Bonchev–Trinajstić information content (AvgIpc) is 2.29. The number of benzene rings is 1. The normalized spacial score (nSPS) is 10.1. The van der Waals surface area contributed by atoms with Gasteiger partial charge in [-0.1, -0.05) is 12.2 Å². The molecule has 0 bridgehead atoms. The minimum absolute atomic E-state index is 0.434. The number of hydrogen-bond donors (Lipinski definition) is 1. The second kappa shape index (κ2) is 6.45. The van der Waals surface area contributed by atoms with Gasteiger partial charge in [-0.05, 0) is 31.2 Å². The smallest absolute Gasteiger partial charge is 0.103 e. The molecule has 0 unspecified atom stereocenters. The fraction of sp³-hybridized carbons (Fsp3) is 0.417. The summed E-state index contributed by atoms with van der Waals surface area (Å²) in [6.45, 7) is 4.37. The molecule has 0 amide bonds. The Morgan fingerprint density at radius 2 is 2.00 bits per heavy atom. The second-order valence-electron chi connectivity index (χ2n) is 3.53. The highest BCUT2D eigenvalue weighted by atomic mass is 32.1. The Balaban J connectivity index is 2.56. The van der Waals surface area contributed by atoms with Crippen LogP contribution in [0.4, 0.5) is 5.69 Å². The molecule has 0 fully saturated rings. The molecule has 0 radical (unpaired) electrons. The molecule has 4 heteroatoms. The Kier molecular flexibility index (Phi) is 5.22. The Morgan fingerprint density at radius 1 is 1.38 bits per heavy atom. The summed E-state index contributed by atoms with van der Waals surface area (Å²) in [6.07, 6.45) is 0. The highest BCUT2D eigenvalue weighted by Gasteiger charge is 2.01. The molecule has 1 aromatic carbocycles. The minimum atomic E-state index is 0.434. The molecule has 0 aliphatic carbocycles. The number of ether oxygens (including phenoxy) is 1. The molecule has 0 aliphatic heterocycles. The van der Waals surface area contributed by atoms with E-state index >= 15 is 0 Å². The zero-order chi connectivity index (χ0) is 12.0. The lowest BCUT2D eigenvalue weighted by Crippen LogP contribution is -2.22. The summed E-state index contributed by atoms with van der Waals surface area (Å²) < 4.78 is 5.31. The summed E-state index contributed by atoms with van der Waals surface area (Å²) in [5.41, 5.74) is 7.57. The topological polar surface area (TPSA) is 38.5 Å². The largest absolute Gasteiger partial charge is 0.389 e. The number of hydrogen-bond acceptors (Lipinski definition) is 3. The molecule has 0 saturated heterocycles. The van der Waals surface area contributed by atoms with E-state index in [1.54, 1.807) is 0 Å². The van der Waals surface area contributed by atoms with Gasteiger partial charge >= 0.3 is 0 Å². The van der Waals surface area contributed by atoms with E-state index < -0.39 is 0 Å². The van der Waals surface area contributed by atoms with E-state index in [9.17, 15) is 0 Å². The van der Waals surface area contributed by atoms with Crippen LogP contribution >= 0.6 is 12.2 Å². The average molecular weight is 238 g/mol. The van der Waals surface area contributed by atoms with Gasteiger partial charge in [-0.2, -0.15) is 0 Å². The highest BCUT2D eigenvalue weighted by Crippen LogP contribution is 2.13.